The Kier molecular flexibility index (Phi) is 5.07. The Labute approximate surface area is 158 Å². The number of nitrogens with zero attached hydrogens (tertiary/aromatic N) is 2. The molecule has 26 heavy (non-hydrogen) atoms. The van der Waals surface area contributed by atoms with E-state index in [0.29, 0.717) is 5.15 Å². The topological polar surface area (TPSA) is 34.6 Å². The van der Waals surface area contributed by atoms with Crippen LogP contribution in [0.15, 0.2) is 54.6 Å². The molecule has 0 spiro atoms. The number of morpholine rings is 1. The molecular formula is C21H21ClN2O2. The molecule has 134 valence electrons. The number of hydrogen-bond donors (Lipinski definition) is 0. The fourth-order valence-electron chi connectivity index (χ4n) is 3.36. The van der Waals surface area contributed by atoms with Gasteiger partial charge in [-0.3, -0.25) is 4.90 Å². The standard InChI is InChI=1S/C21H21ClN2O2/c1-25-18-8-7-16-11-17(21(22)23-19(16)12-18)13-24-9-10-26-20(14-24)15-5-3-2-4-6-15/h2-8,11-12,20H,9-10,13-14H2,1H3/t20-/m0/s1. The Balaban J connectivity index is 1.53. The molecule has 4 nitrogen and oxygen atoms in total. The van der Waals surface area contributed by atoms with Crippen molar-refractivity contribution in [3.05, 3.63) is 70.9 Å². The first-order valence-corrected chi connectivity index (χ1v) is 9.13. The molecule has 2 heterocycles. The molecular weight excluding hydrogens is 348 g/mol. The molecule has 0 unspecified atom stereocenters. The highest BCUT2D eigenvalue weighted by atomic mass is 35.5. The van der Waals surface area contributed by atoms with Crippen molar-refractivity contribution >= 4 is 22.5 Å². The zero-order chi connectivity index (χ0) is 17.9. The average molecular weight is 369 g/mol. The van der Waals surface area contributed by atoms with Crippen molar-refractivity contribution in [1.29, 1.82) is 0 Å². The van der Waals surface area contributed by atoms with Crippen LogP contribution in [0.2, 0.25) is 5.15 Å². The van der Waals surface area contributed by atoms with Gasteiger partial charge in [0.05, 0.1) is 25.3 Å². The SMILES string of the molecule is COc1ccc2cc(CN3CCO[C@H](c4ccccc4)C3)c(Cl)nc2c1. The Bertz CT molecular complexity index is 901. The van der Waals surface area contributed by atoms with Gasteiger partial charge in [-0.15, -0.1) is 0 Å². The van der Waals surface area contributed by atoms with Gasteiger partial charge in [0.15, 0.2) is 0 Å². The van der Waals surface area contributed by atoms with Gasteiger partial charge in [0.2, 0.25) is 0 Å². The van der Waals surface area contributed by atoms with E-state index >= 15 is 0 Å². The number of rotatable bonds is 4. The molecule has 1 aliphatic rings. The first-order valence-electron chi connectivity index (χ1n) is 8.75. The van der Waals surface area contributed by atoms with Gasteiger partial charge in [-0.05, 0) is 23.8 Å². The van der Waals surface area contributed by atoms with Crippen LogP contribution in [0.3, 0.4) is 0 Å². The molecule has 5 heteroatoms. The van der Waals surface area contributed by atoms with E-state index in [-0.39, 0.29) is 6.10 Å². The number of pyridine rings is 1. The van der Waals surface area contributed by atoms with Crippen LogP contribution in [-0.2, 0) is 11.3 Å². The third-order valence-corrected chi connectivity index (χ3v) is 5.09. The number of hydrogen-bond acceptors (Lipinski definition) is 4. The summed E-state index contributed by atoms with van der Waals surface area (Å²) in [6.45, 7) is 3.22. The highest BCUT2D eigenvalue weighted by Gasteiger charge is 2.22. The maximum absolute atomic E-state index is 6.46. The zero-order valence-corrected chi connectivity index (χ0v) is 15.4. The van der Waals surface area contributed by atoms with Gasteiger partial charge in [0, 0.05) is 36.7 Å². The van der Waals surface area contributed by atoms with Gasteiger partial charge in [0.25, 0.3) is 0 Å². The first-order chi connectivity index (χ1) is 12.7. The minimum absolute atomic E-state index is 0.0985. The lowest BCUT2D eigenvalue weighted by Gasteiger charge is -2.33. The largest absolute Gasteiger partial charge is 0.497 e. The van der Waals surface area contributed by atoms with Gasteiger partial charge in [-0.2, -0.15) is 0 Å². The van der Waals surface area contributed by atoms with Crippen molar-refractivity contribution in [1.82, 2.24) is 9.88 Å². The smallest absolute Gasteiger partial charge is 0.134 e. The Morgan fingerprint density at radius 2 is 2.04 bits per heavy atom. The second-order valence-corrected chi connectivity index (χ2v) is 6.86. The molecule has 1 atom stereocenters. The molecule has 1 saturated heterocycles. The summed E-state index contributed by atoms with van der Waals surface area (Å²) in [5.74, 6) is 0.785. The Morgan fingerprint density at radius 1 is 1.19 bits per heavy atom. The lowest BCUT2D eigenvalue weighted by Crippen LogP contribution is -2.37. The van der Waals surface area contributed by atoms with Crippen LogP contribution in [0.4, 0.5) is 0 Å². The minimum Gasteiger partial charge on any atom is -0.497 e. The molecule has 0 saturated carbocycles. The molecule has 4 rings (SSSR count). The van der Waals surface area contributed by atoms with Crippen molar-refractivity contribution in [3.63, 3.8) is 0 Å². The van der Waals surface area contributed by atoms with Crippen LogP contribution in [-0.4, -0.2) is 36.7 Å². The normalized spacial score (nSPS) is 18.2. The van der Waals surface area contributed by atoms with Crippen LogP contribution in [0.5, 0.6) is 5.75 Å². The predicted molar refractivity (Wildman–Crippen MR) is 104 cm³/mol. The number of methoxy groups -OCH3 is 1. The number of benzene rings is 2. The fourth-order valence-corrected chi connectivity index (χ4v) is 3.57. The Hall–Kier alpha value is -2.14. The minimum atomic E-state index is 0.0985. The quantitative estimate of drug-likeness (QED) is 0.636. The Morgan fingerprint density at radius 3 is 2.85 bits per heavy atom. The summed E-state index contributed by atoms with van der Waals surface area (Å²) >= 11 is 6.46. The third kappa shape index (κ3) is 3.68. The van der Waals surface area contributed by atoms with Crippen molar-refractivity contribution < 1.29 is 9.47 Å². The number of ether oxygens (including phenoxy) is 2. The zero-order valence-electron chi connectivity index (χ0n) is 14.7. The van der Waals surface area contributed by atoms with Crippen LogP contribution >= 0.6 is 11.6 Å². The molecule has 1 fully saturated rings. The summed E-state index contributed by atoms with van der Waals surface area (Å²) in [5.41, 5.74) is 3.10. The second kappa shape index (κ2) is 7.62. The molecule has 1 aliphatic heterocycles. The number of halogens is 1. The van der Waals surface area contributed by atoms with Crippen molar-refractivity contribution in [2.75, 3.05) is 26.8 Å². The van der Waals surface area contributed by atoms with E-state index in [9.17, 15) is 0 Å². The summed E-state index contributed by atoms with van der Waals surface area (Å²) in [7, 11) is 1.65. The molecule has 0 radical (unpaired) electrons. The molecule has 0 amide bonds. The molecule has 3 aromatic rings. The summed E-state index contributed by atoms with van der Waals surface area (Å²) in [5, 5.41) is 1.62. The molecule has 0 N–H and O–H groups in total. The molecule has 2 aromatic carbocycles. The maximum atomic E-state index is 6.46. The van der Waals surface area contributed by atoms with E-state index in [1.807, 2.05) is 24.3 Å². The van der Waals surface area contributed by atoms with Crippen LogP contribution in [0.25, 0.3) is 10.9 Å². The lowest BCUT2D eigenvalue weighted by atomic mass is 10.1. The predicted octanol–water partition coefficient (Wildman–Crippen LogP) is 4.47. The maximum Gasteiger partial charge on any atom is 0.134 e. The van der Waals surface area contributed by atoms with Crippen molar-refractivity contribution in [3.8, 4) is 5.75 Å². The average Bonchev–Trinajstić information content (AvgIpc) is 2.69. The van der Waals surface area contributed by atoms with Crippen molar-refractivity contribution in [2.45, 2.75) is 12.6 Å². The van der Waals surface area contributed by atoms with Crippen LogP contribution < -0.4 is 4.74 Å². The van der Waals surface area contributed by atoms with Gasteiger partial charge in [-0.25, -0.2) is 4.98 Å². The number of fused-ring (bicyclic) bond motifs is 1. The summed E-state index contributed by atoms with van der Waals surface area (Å²) in [4.78, 5) is 6.93. The fraction of sp³-hybridized carbons (Fsp3) is 0.286. The summed E-state index contributed by atoms with van der Waals surface area (Å²) in [6.07, 6.45) is 0.0985. The highest BCUT2D eigenvalue weighted by Crippen LogP contribution is 2.27. The van der Waals surface area contributed by atoms with Gasteiger partial charge in [0.1, 0.15) is 10.9 Å². The van der Waals surface area contributed by atoms with E-state index < -0.39 is 0 Å². The van der Waals surface area contributed by atoms with Crippen molar-refractivity contribution in [2.24, 2.45) is 0 Å². The van der Waals surface area contributed by atoms with Crippen LogP contribution in [0.1, 0.15) is 17.2 Å². The monoisotopic (exact) mass is 368 g/mol. The van der Waals surface area contributed by atoms with Crippen LogP contribution in [0, 0.1) is 0 Å². The van der Waals surface area contributed by atoms with Gasteiger partial charge < -0.3 is 9.47 Å². The van der Waals surface area contributed by atoms with E-state index in [2.05, 4.69) is 40.2 Å². The van der Waals surface area contributed by atoms with E-state index in [1.54, 1.807) is 7.11 Å². The highest BCUT2D eigenvalue weighted by molar-refractivity contribution is 6.30. The summed E-state index contributed by atoms with van der Waals surface area (Å²) in [6, 6.07) is 18.4. The van der Waals surface area contributed by atoms with E-state index in [4.69, 9.17) is 21.1 Å². The van der Waals surface area contributed by atoms with E-state index in [1.165, 1.54) is 5.56 Å². The number of aromatic nitrogens is 1. The third-order valence-electron chi connectivity index (χ3n) is 4.77. The lowest BCUT2D eigenvalue weighted by molar-refractivity contribution is -0.0329. The molecule has 0 aliphatic carbocycles. The molecule has 1 aromatic heterocycles. The first kappa shape index (κ1) is 17.3. The van der Waals surface area contributed by atoms with Gasteiger partial charge in [-0.1, -0.05) is 41.9 Å². The second-order valence-electron chi connectivity index (χ2n) is 6.50. The molecule has 0 bridgehead atoms. The summed E-state index contributed by atoms with van der Waals surface area (Å²) < 4.78 is 11.2. The van der Waals surface area contributed by atoms with Gasteiger partial charge >= 0.3 is 0 Å². The van der Waals surface area contributed by atoms with E-state index in [0.717, 1.165) is 48.5 Å².